The highest BCUT2D eigenvalue weighted by atomic mass is 32.2. The van der Waals surface area contributed by atoms with E-state index in [4.69, 9.17) is 4.74 Å². The zero-order valence-corrected chi connectivity index (χ0v) is 24.1. The number of sulfone groups is 1. The summed E-state index contributed by atoms with van der Waals surface area (Å²) in [6.07, 6.45) is 3.63. The van der Waals surface area contributed by atoms with Gasteiger partial charge in [-0.1, -0.05) is 23.5 Å². The molecule has 1 aromatic heterocycles. The largest absolute Gasteiger partial charge is 0.380 e. The van der Waals surface area contributed by atoms with Crippen LogP contribution < -0.4 is 5.32 Å². The molecule has 15 heteroatoms. The molecule has 3 aliphatic rings. The Balaban J connectivity index is 1.35. The number of anilines is 1. The minimum Gasteiger partial charge on any atom is -0.380 e. The molecule has 3 saturated heterocycles. The van der Waals surface area contributed by atoms with Crippen molar-refractivity contribution in [2.75, 3.05) is 64.8 Å². The Bertz CT molecular complexity index is 1420. The van der Waals surface area contributed by atoms with E-state index in [1.54, 1.807) is 17.1 Å². The van der Waals surface area contributed by atoms with Gasteiger partial charge in [-0.25, -0.2) is 21.8 Å². The van der Waals surface area contributed by atoms with Crippen molar-refractivity contribution < 1.29 is 26.4 Å². The summed E-state index contributed by atoms with van der Waals surface area (Å²) in [5, 5.41) is 8.62. The normalized spacial score (nSPS) is 21.9. The fourth-order valence-electron chi connectivity index (χ4n) is 4.68. The number of benzene rings is 1. The van der Waals surface area contributed by atoms with Gasteiger partial charge in [0.25, 0.3) is 15.9 Å². The summed E-state index contributed by atoms with van der Waals surface area (Å²) in [4.78, 5) is 19.8. The van der Waals surface area contributed by atoms with Gasteiger partial charge in [0.2, 0.25) is 0 Å². The zero-order chi connectivity index (χ0) is 27.6. The van der Waals surface area contributed by atoms with Crippen molar-refractivity contribution in [2.24, 2.45) is 5.10 Å². The molecule has 2 aromatic rings. The molecule has 212 valence electrons. The molecule has 5 rings (SSSR count). The molecular weight excluding hydrogens is 565 g/mol. The molecule has 39 heavy (non-hydrogen) atoms. The summed E-state index contributed by atoms with van der Waals surface area (Å²) in [6, 6.07) is 6.12. The van der Waals surface area contributed by atoms with E-state index in [9.17, 15) is 21.6 Å². The molecule has 0 radical (unpaired) electrons. The van der Waals surface area contributed by atoms with Crippen molar-refractivity contribution in [1.29, 1.82) is 0 Å². The summed E-state index contributed by atoms with van der Waals surface area (Å²) in [5.74, 6) is -0.556. The van der Waals surface area contributed by atoms with Crippen LogP contribution in [-0.4, -0.2) is 112 Å². The standard InChI is InChI=1S/C24H32N6O6S3/c1-28-11-13-30(14-12-28)39(34,35)21-16-25-24(37-21)26-23(31)22(27-29-9-2-3-10-29)18-4-6-19(7-5-18)38(32,33)20-8-15-36-17-20/h4-7,16,20H,2-3,8-15,17H2,1H3,(H,25,26,31)/b27-22+/t20-/m0/s1. The second kappa shape index (κ2) is 11.6. The smallest absolute Gasteiger partial charge is 0.278 e. The van der Waals surface area contributed by atoms with E-state index in [2.05, 4.69) is 20.3 Å². The maximum absolute atomic E-state index is 13.4. The predicted octanol–water partition coefficient (Wildman–Crippen LogP) is 1.08. The highest BCUT2D eigenvalue weighted by molar-refractivity contribution is 7.92. The zero-order valence-electron chi connectivity index (χ0n) is 21.7. The minimum atomic E-state index is -3.71. The summed E-state index contributed by atoms with van der Waals surface area (Å²) in [5.41, 5.74) is 0.548. The van der Waals surface area contributed by atoms with Crippen molar-refractivity contribution in [3.05, 3.63) is 36.0 Å². The molecule has 0 bridgehead atoms. The summed E-state index contributed by atoms with van der Waals surface area (Å²) < 4.78 is 58.7. The summed E-state index contributed by atoms with van der Waals surface area (Å²) in [6.45, 7) is 4.08. The van der Waals surface area contributed by atoms with Crippen LogP contribution in [-0.2, 0) is 29.4 Å². The van der Waals surface area contributed by atoms with E-state index in [0.29, 0.717) is 57.9 Å². The van der Waals surface area contributed by atoms with Crippen LogP contribution in [0.4, 0.5) is 5.13 Å². The number of nitrogens with one attached hydrogen (secondary N) is 1. The number of hydrogen-bond acceptors (Lipinski definition) is 11. The van der Waals surface area contributed by atoms with Crippen molar-refractivity contribution in [2.45, 2.75) is 33.6 Å². The Morgan fingerprint density at radius 2 is 1.74 bits per heavy atom. The Kier molecular flexibility index (Phi) is 8.35. The van der Waals surface area contributed by atoms with E-state index in [-0.39, 0.29) is 26.6 Å². The maximum Gasteiger partial charge on any atom is 0.278 e. The molecule has 0 unspecified atom stereocenters. The van der Waals surface area contributed by atoms with Crippen molar-refractivity contribution >= 4 is 47.9 Å². The van der Waals surface area contributed by atoms with Crippen LogP contribution in [0.25, 0.3) is 0 Å². The topological polar surface area (TPSA) is 142 Å². The van der Waals surface area contributed by atoms with Crippen LogP contribution in [0.15, 0.2) is 44.7 Å². The number of piperazine rings is 1. The van der Waals surface area contributed by atoms with E-state index < -0.39 is 31.0 Å². The second-order valence-electron chi connectivity index (χ2n) is 9.81. The van der Waals surface area contributed by atoms with E-state index >= 15 is 0 Å². The number of aromatic nitrogens is 1. The van der Waals surface area contributed by atoms with Crippen LogP contribution in [0.5, 0.6) is 0 Å². The number of thiazole rings is 1. The average molecular weight is 597 g/mol. The number of carbonyl (C=O) groups excluding carboxylic acids is 1. The molecule has 0 saturated carbocycles. The molecule has 3 aliphatic heterocycles. The average Bonchev–Trinajstić information content (AvgIpc) is 3.71. The number of ether oxygens (including phenoxy) is 1. The number of amides is 1. The third kappa shape index (κ3) is 6.18. The first kappa shape index (κ1) is 28.1. The lowest BCUT2D eigenvalue weighted by atomic mass is 10.1. The van der Waals surface area contributed by atoms with Crippen molar-refractivity contribution in [3.8, 4) is 0 Å². The van der Waals surface area contributed by atoms with Crippen LogP contribution >= 0.6 is 11.3 Å². The predicted molar refractivity (Wildman–Crippen MR) is 147 cm³/mol. The van der Waals surface area contributed by atoms with Gasteiger partial charge in [-0.2, -0.15) is 9.41 Å². The second-order valence-corrected chi connectivity index (χ2v) is 15.2. The Hall–Kier alpha value is -2.43. The Morgan fingerprint density at radius 1 is 1.05 bits per heavy atom. The lowest BCUT2D eigenvalue weighted by molar-refractivity contribution is -0.110. The molecule has 1 N–H and O–H groups in total. The fourth-order valence-corrected chi connectivity index (χ4v) is 8.86. The van der Waals surface area contributed by atoms with Gasteiger partial charge in [-0.3, -0.25) is 15.1 Å². The number of hydrogen-bond donors (Lipinski definition) is 1. The Morgan fingerprint density at radius 3 is 2.38 bits per heavy atom. The first-order valence-corrected chi connectivity index (χ1v) is 16.7. The monoisotopic (exact) mass is 596 g/mol. The first-order valence-electron chi connectivity index (χ1n) is 12.9. The van der Waals surface area contributed by atoms with Crippen LogP contribution in [0.1, 0.15) is 24.8 Å². The van der Waals surface area contributed by atoms with Crippen LogP contribution in [0.3, 0.4) is 0 Å². The molecule has 1 amide bonds. The molecular formula is C24H32N6O6S3. The summed E-state index contributed by atoms with van der Waals surface area (Å²) in [7, 11) is -5.31. The van der Waals surface area contributed by atoms with Crippen LogP contribution in [0.2, 0.25) is 0 Å². The van der Waals surface area contributed by atoms with Gasteiger partial charge in [-0.15, -0.1) is 0 Å². The lowest BCUT2D eigenvalue weighted by Crippen LogP contribution is -2.46. The highest BCUT2D eigenvalue weighted by Crippen LogP contribution is 2.27. The quantitative estimate of drug-likeness (QED) is 0.443. The summed E-state index contributed by atoms with van der Waals surface area (Å²) >= 11 is 0.892. The fraction of sp³-hybridized carbons (Fsp3) is 0.542. The van der Waals surface area contributed by atoms with E-state index in [0.717, 1.165) is 24.2 Å². The van der Waals surface area contributed by atoms with Crippen LogP contribution in [0, 0.1) is 0 Å². The van der Waals surface area contributed by atoms with Gasteiger partial charge in [-0.05, 0) is 38.4 Å². The van der Waals surface area contributed by atoms with Gasteiger partial charge in [0.05, 0.1) is 22.9 Å². The highest BCUT2D eigenvalue weighted by Gasteiger charge is 2.32. The van der Waals surface area contributed by atoms with Crippen molar-refractivity contribution in [3.63, 3.8) is 0 Å². The maximum atomic E-state index is 13.4. The molecule has 0 spiro atoms. The number of carbonyl (C=O) groups is 1. The van der Waals surface area contributed by atoms with E-state index in [1.807, 2.05) is 7.05 Å². The third-order valence-corrected chi connectivity index (χ3v) is 12.5. The molecule has 3 fully saturated rings. The number of nitrogens with zero attached hydrogens (tertiary/aromatic N) is 5. The molecule has 0 aliphatic carbocycles. The van der Waals surface area contributed by atoms with Gasteiger partial charge < -0.3 is 9.64 Å². The SMILES string of the molecule is CN1CCN(S(=O)(=O)c2cnc(NC(=O)/C(=N/N3CCCC3)c3ccc(S(=O)(=O)[C@H]4CCOC4)cc3)s2)CC1. The molecule has 1 aromatic carbocycles. The number of likely N-dealkylation sites (N-methyl/N-ethyl adjacent to an activating group) is 1. The lowest BCUT2D eigenvalue weighted by Gasteiger charge is -2.30. The van der Waals surface area contributed by atoms with Crippen molar-refractivity contribution in [1.82, 2.24) is 19.2 Å². The van der Waals surface area contributed by atoms with Gasteiger partial charge >= 0.3 is 0 Å². The molecule has 1 atom stereocenters. The van der Waals surface area contributed by atoms with Gasteiger partial charge in [0, 0.05) is 51.4 Å². The molecule has 12 nitrogen and oxygen atoms in total. The van der Waals surface area contributed by atoms with Gasteiger partial charge in [0.1, 0.15) is 0 Å². The number of rotatable bonds is 8. The van der Waals surface area contributed by atoms with Gasteiger partial charge in [0.15, 0.2) is 24.9 Å². The third-order valence-electron chi connectivity index (χ3n) is 7.08. The van der Waals surface area contributed by atoms with E-state index in [1.165, 1.54) is 22.6 Å². The molecule has 4 heterocycles. The number of hydrazone groups is 1. The minimum absolute atomic E-state index is 0.0610. The Labute approximate surface area is 232 Å². The number of sulfonamides is 1. The first-order chi connectivity index (χ1) is 18.6.